The van der Waals surface area contributed by atoms with Gasteiger partial charge in [0, 0.05) is 24.1 Å². The van der Waals surface area contributed by atoms with Gasteiger partial charge in [-0.1, -0.05) is 48.0 Å². The lowest BCUT2D eigenvalue weighted by molar-refractivity contribution is -0.119. The van der Waals surface area contributed by atoms with Crippen molar-refractivity contribution >= 4 is 24.6 Å². The summed E-state index contributed by atoms with van der Waals surface area (Å²) >= 11 is 0.957. The minimum atomic E-state index is -3.97. The van der Waals surface area contributed by atoms with E-state index in [1.165, 1.54) is 22.9 Å². The number of benzene rings is 1. The Bertz CT molecular complexity index is 1400. The highest BCUT2D eigenvalue weighted by molar-refractivity contribution is 8.13. The number of thioether (sulfide) groups is 1. The van der Waals surface area contributed by atoms with E-state index < -0.39 is 36.2 Å². The number of nitrogens with zero attached hydrogens (tertiary/aromatic N) is 1. The largest absolute Gasteiger partial charge is 0.405 e. The molecule has 1 aromatic carbocycles. The van der Waals surface area contributed by atoms with Crippen molar-refractivity contribution in [3.8, 4) is 12.3 Å². The predicted octanol–water partition coefficient (Wildman–Crippen LogP) is 2.51. The van der Waals surface area contributed by atoms with Gasteiger partial charge in [-0.2, -0.15) is 0 Å². The highest BCUT2D eigenvalue weighted by Crippen LogP contribution is 2.46. The summed E-state index contributed by atoms with van der Waals surface area (Å²) in [5, 5.41) is 12.0. The van der Waals surface area contributed by atoms with Crippen LogP contribution >= 0.6 is 19.5 Å². The summed E-state index contributed by atoms with van der Waals surface area (Å²) in [6, 6.07) is 9.19. The fourth-order valence-electron chi connectivity index (χ4n) is 3.31. The lowest BCUT2D eigenvalue weighted by atomic mass is 9.97. The maximum Gasteiger partial charge on any atom is 0.405 e. The van der Waals surface area contributed by atoms with Gasteiger partial charge >= 0.3 is 13.4 Å². The number of aliphatic hydroxyl groups is 1. The summed E-state index contributed by atoms with van der Waals surface area (Å²) in [6.07, 6.45) is 9.22. The number of hydrogen-bond acceptors (Lipinski definition) is 9. The SMILES string of the molecule is C#C[C@@]1(CO[P@@](=O)(NCc2ccccc2)OCCSC(=O)C(C)(C)CO)C=C[C@H](n2cc(C)c(=O)[nH]c2=O)O1. The third-order valence-electron chi connectivity index (χ3n) is 5.82. The molecule has 0 unspecified atom stereocenters. The van der Waals surface area contributed by atoms with Crippen LogP contribution in [0.2, 0.25) is 0 Å². The van der Waals surface area contributed by atoms with E-state index in [1.807, 2.05) is 30.3 Å². The van der Waals surface area contributed by atoms with Crippen LogP contribution in [0.4, 0.5) is 0 Å². The molecule has 0 radical (unpaired) electrons. The molecule has 11 nitrogen and oxygen atoms in total. The van der Waals surface area contributed by atoms with Crippen LogP contribution in [0, 0.1) is 24.7 Å². The number of rotatable bonds is 13. The van der Waals surface area contributed by atoms with Crippen LogP contribution in [0.25, 0.3) is 0 Å². The molecule has 0 spiro atoms. The Labute approximate surface area is 230 Å². The van der Waals surface area contributed by atoms with Crippen molar-refractivity contribution in [3.05, 3.63) is 80.6 Å². The van der Waals surface area contributed by atoms with Crippen LogP contribution in [-0.4, -0.2) is 50.9 Å². The Hall–Kier alpha value is -2.75. The number of H-pyrrole nitrogens is 1. The van der Waals surface area contributed by atoms with E-state index in [9.17, 15) is 24.1 Å². The lowest BCUT2D eigenvalue weighted by Gasteiger charge is -2.27. The van der Waals surface area contributed by atoms with Crippen molar-refractivity contribution in [3.63, 3.8) is 0 Å². The van der Waals surface area contributed by atoms with Gasteiger partial charge in [0.05, 0.1) is 18.6 Å². The zero-order valence-electron chi connectivity index (χ0n) is 21.9. The second-order valence-corrected chi connectivity index (χ2v) is 12.4. The first-order valence-electron chi connectivity index (χ1n) is 12.1. The molecule has 3 N–H and O–H groups in total. The van der Waals surface area contributed by atoms with E-state index >= 15 is 0 Å². The molecule has 210 valence electrons. The van der Waals surface area contributed by atoms with Crippen molar-refractivity contribution < 1.29 is 28.3 Å². The number of carbonyl (C=O) groups excluding carboxylic acids is 1. The summed E-state index contributed by atoms with van der Waals surface area (Å²) < 4.78 is 32.1. The standard InChI is InChI=1S/C26H32N3O8PS/c1-5-26(12-11-21(37-26)29-16-19(2)22(31)28-24(29)33)18-36-38(34,27-15-20-9-7-6-8-10-20)35-13-14-39-23(32)25(3,4)17-30/h1,6-12,16,21,30H,13-15,17-18H2,2-4H3,(H,27,34)(H,28,31,33)/t21-,26+,38-/m1/s1. The van der Waals surface area contributed by atoms with Gasteiger partial charge in [-0.05, 0) is 38.5 Å². The minimum Gasteiger partial charge on any atom is -0.395 e. The van der Waals surface area contributed by atoms with Crippen LogP contribution in [0.15, 0.2) is 58.3 Å². The number of ether oxygens (including phenoxy) is 1. The molecule has 3 rings (SSSR count). The average molecular weight is 578 g/mol. The van der Waals surface area contributed by atoms with Gasteiger partial charge < -0.3 is 9.84 Å². The molecule has 3 atom stereocenters. The van der Waals surface area contributed by atoms with Crippen LogP contribution in [-0.2, 0) is 29.7 Å². The molecule has 2 heterocycles. The second-order valence-electron chi connectivity index (χ2n) is 9.48. The molecule has 1 aliphatic rings. The van der Waals surface area contributed by atoms with Crippen molar-refractivity contribution in [1.29, 1.82) is 0 Å². The molecule has 0 amide bonds. The quantitative estimate of drug-likeness (QED) is 0.140. The van der Waals surface area contributed by atoms with E-state index in [-0.39, 0.29) is 37.2 Å². The first-order chi connectivity index (χ1) is 18.4. The van der Waals surface area contributed by atoms with Crippen LogP contribution < -0.4 is 16.3 Å². The number of carbonyl (C=O) groups is 1. The second kappa shape index (κ2) is 13.1. The maximum absolute atomic E-state index is 13.7. The number of nitrogens with one attached hydrogen (secondary N) is 2. The van der Waals surface area contributed by atoms with Crippen LogP contribution in [0.3, 0.4) is 0 Å². The number of hydrogen-bond donors (Lipinski definition) is 3. The summed E-state index contributed by atoms with van der Waals surface area (Å²) in [7, 11) is -3.97. The number of aliphatic hydroxyl groups excluding tert-OH is 1. The monoisotopic (exact) mass is 577 g/mol. The topological polar surface area (TPSA) is 149 Å². The fraction of sp³-hybridized carbons (Fsp3) is 0.423. The molecule has 1 aliphatic heterocycles. The summed E-state index contributed by atoms with van der Waals surface area (Å²) in [4.78, 5) is 38.5. The van der Waals surface area contributed by atoms with E-state index in [0.717, 1.165) is 17.3 Å². The molecule has 0 saturated heterocycles. The fourth-order valence-corrected chi connectivity index (χ4v) is 5.57. The summed E-state index contributed by atoms with van der Waals surface area (Å²) in [5.74, 6) is 2.65. The van der Waals surface area contributed by atoms with Gasteiger partial charge in [-0.25, -0.2) is 14.4 Å². The number of aryl methyl sites for hydroxylation is 1. The molecule has 39 heavy (non-hydrogen) atoms. The number of aromatic nitrogens is 2. The maximum atomic E-state index is 13.7. The molecule has 0 bridgehead atoms. The highest BCUT2D eigenvalue weighted by Gasteiger charge is 2.39. The summed E-state index contributed by atoms with van der Waals surface area (Å²) in [5.41, 5.74) is -2.43. The molecule has 0 aliphatic carbocycles. The minimum absolute atomic E-state index is 0.0919. The van der Waals surface area contributed by atoms with Crippen LogP contribution in [0.1, 0.15) is 31.2 Å². The Morgan fingerprint density at radius 1 is 1.33 bits per heavy atom. The van der Waals surface area contributed by atoms with E-state index in [4.69, 9.17) is 20.2 Å². The van der Waals surface area contributed by atoms with Gasteiger partial charge in [0.15, 0.2) is 16.9 Å². The van der Waals surface area contributed by atoms with Crippen molar-refractivity contribution in [2.24, 2.45) is 5.41 Å². The van der Waals surface area contributed by atoms with Gasteiger partial charge in [0.2, 0.25) is 0 Å². The van der Waals surface area contributed by atoms with E-state index in [2.05, 4.69) is 16.0 Å². The van der Waals surface area contributed by atoms with E-state index in [0.29, 0.717) is 5.56 Å². The van der Waals surface area contributed by atoms with Crippen molar-refractivity contribution in [2.75, 3.05) is 25.6 Å². The number of terminal acetylenes is 1. The molecule has 0 saturated carbocycles. The first-order valence-corrected chi connectivity index (χ1v) is 14.6. The van der Waals surface area contributed by atoms with Gasteiger partial charge in [0.25, 0.3) is 5.56 Å². The molecule has 0 fully saturated rings. The van der Waals surface area contributed by atoms with Gasteiger partial charge in [-0.15, -0.1) is 6.42 Å². The molecule has 2 aromatic rings. The Morgan fingerprint density at radius 3 is 2.72 bits per heavy atom. The highest BCUT2D eigenvalue weighted by atomic mass is 32.2. The molecular weight excluding hydrogens is 545 g/mol. The zero-order valence-corrected chi connectivity index (χ0v) is 23.6. The normalized spacial score (nSPS) is 20.4. The smallest absolute Gasteiger partial charge is 0.395 e. The van der Waals surface area contributed by atoms with Crippen molar-refractivity contribution in [1.82, 2.24) is 14.6 Å². The number of aromatic amines is 1. The van der Waals surface area contributed by atoms with Crippen LogP contribution in [0.5, 0.6) is 0 Å². The molecule has 13 heteroatoms. The lowest BCUT2D eigenvalue weighted by Crippen LogP contribution is -2.37. The van der Waals surface area contributed by atoms with E-state index in [1.54, 1.807) is 20.8 Å². The predicted molar refractivity (Wildman–Crippen MR) is 148 cm³/mol. The Kier molecular flexibility index (Phi) is 10.3. The zero-order chi connectivity index (χ0) is 28.7. The van der Waals surface area contributed by atoms with Crippen molar-refractivity contribution in [2.45, 2.75) is 39.1 Å². The summed E-state index contributed by atoms with van der Waals surface area (Å²) in [6.45, 7) is 4.20. The molecular formula is C26H32N3O8PS. The first kappa shape index (κ1) is 30.8. The van der Waals surface area contributed by atoms with Gasteiger partial charge in [-0.3, -0.25) is 28.2 Å². The Morgan fingerprint density at radius 2 is 2.05 bits per heavy atom. The van der Waals surface area contributed by atoms with Gasteiger partial charge in [0.1, 0.15) is 6.61 Å². The molecule has 1 aromatic heterocycles. The average Bonchev–Trinajstić information content (AvgIpc) is 3.36. The third kappa shape index (κ3) is 8.13. The third-order valence-corrected chi connectivity index (χ3v) is 8.54. The Balaban J connectivity index is 1.69.